The van der Waals surface area contributed by atoms with Crippen LogP contribution in [0.3, 0.4) is 0 Å². The number of nitrogens with zero attached hydrogens (tertiary/aromatic N) is 3. The van der Waals surface area contributed by atoms with Crippen molar-refractivity contribution < 1.29 is 0 Å². The minimum Gasteiger partial charge on any atom is -0.287 e. The van der Waals surface area contributed by atoms with Crippen LogP contribution in [0.5, 0.6) is 0 Å². The number of hydrogen-bond acceptors (Lipinski definition) is 2. The second kappa shape index (κ2) is 4.71. The summed E-state index contributed by atoms with van der Waals surface area (Å²) in [6.07, 6.45) is 2.67. The molecule has 0 aliphatic heterocycles. The largest absolute Gasteiger partial charge is 0.287 e. The molecule has 2 aromatic heterocycles. The first-order chi connectivity index (χ1) is 8.34. The first kappa shape index (κ1) is 13.6. The summed E-state index contributed by atoms with van der Waals surface area (Å²) in [4.78, 5) is 8.36. The third-order valence-corrected chi connectivity index (χ3v) is 3.35. The van der Waals surface area contributed by atoms with Gasteiger partial charge in [-0.05, 0) is 6.42 Å². The van der Waals surface area contributed by atoms with Gasteiger partial charge in [0.2, 0.25) is 0 Å². The lowest BCUT2D eigenvalue weighted by Gasteiger charge is -2.17. The molecule has 0 unspecified atom stereocenters. The van der Waals surface area contributed by atoms with Gasteiger partial charge < -0.3 is 0 Å². The van der Waals surface area contributed by atoms with E-state index in [4.69, 9.17) is 28.2 Å². The van der Waals surface area contributed by atoms with Crippen LogP contribution in [0.4, 0.5) is 0 Å². The van der Waals surface area contributed by atoms with Gasteiger partial charge in [-0.1, -0.05) is 50.9 Å². The maximum absolute atomic E-state index is 5.84. The molecule has 0 spiro atoms. The number of rotatable bonds is 2. The average molecular weight is 286 g/mol. The molecule has 0 saturated heterocycles. The highest BCUT2D eigenvalue weighted by atomic mass is 35.5. The molecule has 5 heteroatoms. The maximum Gasteiger partial charge on any atom is 0.149 e. The van der Waals surface area contributed by atoms with Crippen LogP contribution in [0.2, 0.25) is 0 Å². The minimum atomic E-state index is -0.616. The van der Waals surface area contributed by atoms with Crippen molar-refractivity contribution in [3.8, 4) is 0 Å². The van der Waals surface area contributed by atoms with E-state index in [2.05, 4.69) is 32.7 Å². The van der Waals surface area contributed by atoms with Gasteiger partial charge in [-0.2, -0.15) is 0 Å². The summed E-state index contributed by atoms with van der Waals surface area (Å²) in [5, 5.41) is 0. The topological polar surface area (TPSA) is 30.2 Å². The van der Waals surface area contributed by atoms with Crippen LogP contribution >= 0.6 is 23.2 Å². The lowest BCUT2D eigenvalue weighted by molar-refractivity contribution is 0.565. The van der Waals surface area contributed by atoms with Crippen LogP contribution in [-0.4, -0.2) is 14.4 Å². The Hall–Kier alpha value is -0.800. The predicted octanol–water partition coefficient (Wildman–Crippen LogP) is 4.07. The number of fused-ring (bicyclic) bond motifs is 1. The molecule has 0 aliphatic carbocycles. The van der Waals surface area contributed by atoms with E-state index in [0.29, 0.717) is 5.69 Å². The second-order valence-electron chi connectivity index (χ2n) is 5.35. The highest BCUT2D eigenvalue weighted by molar-refractivity contribution is 6.43. The normalized spacial score (nSPS) is 12.6. The number of hydrogen-bond donors (Lipinski definition) is 0. The molecule has 2 heterocycles. The van der Waals surface area contributed by atoms with Gasteiger partial charge >= 0.3 is 0 Å². The Labute approximate surface area is 117 Å². The third kappa shape index (κ3) is 2.34. The molecule has 3 nitrogen and oxygen atoms in total. The lowest BCUT2D eigenvalue weighted by atomic mass is 9.90. The van der Waals surface area contributed by atoms with E-state index in [0.717, 1.165) is 17.8 Å². The van der Waals surface area contributed by atoms with Crippen molar-refractivity contribution in [3.05, 3.63) is 29.5 Å². The monoisotopic (exact) mass is 285 g/mol. The maximum atomic E-state index is 5.84. The number of alkyl halides is 2. The summed E-state index contributed by atoms with van der Waals surface area (Å²) < 4.78 is 2.01. The van der Waals surface area contributed by atoms with E-state index in [-0.39, 0.29) is 5.41 Å². The highest BCUT2D eigenvalue weighted by Gasteiger charge is 2.23. The van der Waals surface area contributed by atoms with Crippen LogP contribution in [0.25, 0.3) is 5.65 Å². The smallest absolute Gasteiger partial charge is 0.149 e. The lowest BCUT2D eigenvalue weighted by Crippen LogP contribution is -2.14. The van der Waals surface area contributed by atoms with Crippen molar-refractivity contribution in [2.45, 2.75) is 44.4 Å². The van der Waals surface area contributed by atoms with E-state index in [1.165, 1.54) is 5.69 Å². The average Bonchev–Trinajstić information content (AvgIpc) is 2.65. The fraction of sp³-hybridized carbons (Fsp3) is 0.538. The third-order valence-electron chi connectivity index (χ3n) is 2.91. The van der Waals surface area contributed by atoms with Crippen LogP contribution in [0.1, 0.15) is 49.6 Å². The van der Waals surface area contributed by atoms with Gasteiger partial charge in [0.05, 0.1) is 11.4 Å². The van der Waals surface area contributed by atoms with Crippen molar-refractivity contribution in [1.82, 2.24) is 14.4 Å². The van der Waals surface area contributed by atoms with Crippen molar-refractivity contribution in [1.29, 1.82) is 0 Å². The zero-order chi connectivity index (χ0) is 13.5. The fourth-order valence-corrected chi connectivity index (χ4v) is 2.31. The Morgan fingerprint density at radius 1 is 1.33 bits per heavy atom. The zero-order valence-electron chi connectivity index (χ0n) is 11.0. The van der Waals surface area contributed by atoms with Crippen molar-refractivity contribution >= 4 is 28.8 Å². The molecule has 0 saturated carbocycles. The summed E-state index contributed by atoms with van der Waals surface area (Å²) in [6.45, 7) is 8.61. The molecular weight excluding hydrogens is 269 g/mol. The van der Waals surface area contributed by atoms with Gasteiger partial charge in [0, 0.05) is 17.2 Å². The Bertz CT molecular complexity index is 567. The van der Waals surface area contributed by atoms with Crippen LogP contribution in [0, 0.1) is 0 Å². The van der Waals surface area contributed by atoms with E-state index in [1.807, 2.05) is 10.5 Å². The highest BCUT2D eigenvalue weighted by Crippen LogP contribution is 2.28. The van der Waals surface area contributed by atoms with E-state index in [1.54, 1.807) is 6.33 Å². The van der Waals surface area contributed by atoms with Crippen LogP contribution in [0.15, 0.2) is 12.4 Å². The molecule has 2 rings (SSSR count). The van der Waals surface area contributed by atoms with Crippen LogP contribution in [-0.2, 0) is 11.8 Å². The van der Waals surface area contributed by atoms with Gasteiger partial charge in [-0.15, -0.1) is 0 Å². The molecule has 0 radical (unpaired) electrons. The Kier molecular flexibility index (Phi) is 3.56. The molecule has 0 aliphatic rings. The van der Waals surface area contributed by atoms with Crippen molar-refractivity contribution in [3.63, 3.8) is 0 Å². The van der Waals surface area contributed by atoms with Gasteiger partial charge in [0.25, 0.3) is 0 Å². The summed E-state index contributed by atoms with van der Waals surface area (Å²) in [5.74, 6) is 0. The van der Waals surface area contributed by atoms with Gasteiger partial charge in [0.1, 0.15) is 16.8 Å². The van der Waals surface area contributed by atoms with Gasteiger partial charge in [-0.25, -0.2) is 9.97 Å². The first-order valence-corrected chi connectivity index (χ1v) is 6.87. The number of aromatic nitrogens is 3. The molecule has 0 aromatic carbocycles. The number of imidazole rings is 1. The second-order valence-corrected chi connectivity index (χ2v) is 6.45. The molecule has 98 valence electrons. The zero-order valence-corrected chi connectivity index (χ0v) is 12.5. The van der Waals surface area contributed by atoms with E-state index >= 15 is 0 Å². The SMILES string of the molecule is CCc1c(C(C)(C)C)nc2cc(C(Cl)Cl)ncn12. The molecule has 0 fully saturated rings. The Morgan fingerprint density at radius 2 is 2.00 bits per heavy atom. The Morgan fingerprint density at radius 3 is 2.50 bits per heavy atom. The standard InChI is InChI=1S/C13H17Cl2N3/c1-5-9-11(13(2,3)4)17-10-6-8(12(14)15)16-7-18(9)10/h6-7,12H,5H2,1-4H3. The molecule has 18 heavy (non-hydrogen) atoms. The molecule has 0 bridgehead atoms. The molecule has 2 aromatic rings. The number of aryl methyl sites for hydroxylation is 1. The first-order valence-electron chi connectivity index (χ1n) is 6.00. The van der Waals surface area contributed by atoms with E-state index in [9.17, 15) is 0 Å². The minimum absolute atomic E-state index is 0.0128. The van der Waals surface area contributed by atoms with Crippen molar-refractivity contribution in [2.24, 2.45) is 0 Å². The predicted molar refractivity (Wildman–Crippen MR) is 75.5 cm³/mol. The van der Waals surface area contributed by atoms with Crippen molar-refractivity contribution in [2.75, 3.05) is 0 Å². The fourth-order valence-electron chi connectivity index (χ4n) is 2.07. The summed E-state index contributed by atoms with van der Waals surface area (Å²) in [7, 11) is 0. The molecule has 0 amide bonds. The number of halogens is 2. The van der Waals surface area contributed by atoms with Crippen LogP contribution < -0.4 is 0 Å². The summed E-state index contributed by atoms with van der Waals surface area (Å²) in [5.41, 5.74) is 3.80. The summed E-state index contributed by atoms with van der Waals surface area (Å²) in [6, 6.07) is 1.85. The molecule has 0 atom stereocenters. The van der Waals surface area contributed by atoms with Gasteiger partial charge in [-0.3, -0.25) is 4.40 Å². The molecular formula is C13H17Cl2N3. The molecule has 0 N–H and O–H groups in total. The van der Waals surface area contributed by atoms with E-state index < -0.39 is 4.84 Å². The van der Waals surface area contributed by atoms with Gasteiger partial charge in [0.15, 0.2) is 0 Å². The summed E-state index contributed by atoms with van der Waals surface area (Å²) >= 11 is 11.7. The Balaban J connectivity index is 2.68. The quantitative estimate of drug-likeness (QED) is 0.779.